The molecule has 1 aliphatic carbocycles. The van der Waals surface area contributed by atoms with Crippen LogP contribution in [-0.4, -0.2) is 30.1 Å². The van der Waals surface area contributed by atoms with Crippen LogP contribution in [0.3, 0.4) is 0 Å². The van der Waals surface area contributed by atoms with Crippen LogP contribution in [0.2, 0.25) is 0 Å². The molecule has 0 bridgehead atoms. The normalized spacial score (nSPS) is 25.7. The Morgan fingerprint density at radius 2 is 1.83 bits per heavy atom. The molecule has 0 spiro atoms. The first kappa shape index (κ1) is 12.0. The second-order valence-corrected chi connectivity index (χ2v) is 5.57. The van der Waals surface area contributed by atoms with Gasteiger partial charge < -0.3 is 5.32 Å². The van der Waals surface area contributed by atoms with Crippen molar-refractivity contribution in [2.24, 2.45) is 0 Å². The Kier molecular flexibility index (Phi) is 3.50. The maximum absolute atomic E-state index is 12.9. The van der Waals surface area contributed by atoms with Gasteiger partial charge in [-0.05, 0) is 56.5 Å². The SMILES string of the molecule is Fc1ccc(N[C@H]2CCCN(C3CCC3)C2)cc1. The first-order valence-corrected chi connectivity index (χ1v) is 7.07. The van der Waals surface area contributed by atoms with E-state index < -0.39 is 0 Å². The predicted octanol–water partition coefficient (Wildman–Crippen LogP) is 3.25. The molecular weight excluding hydrogens is 227 g/mol. The van der Waals surface area contributed by atoms with E-state index in [0.717, 1.165) is 18.3 Å². The Morgan fingerprint density at radius 1 is 1.06 bits per heavy atom. The topological polar surface area (TPSA) is 15.3 Å². The lowest BCUT2D eigenvalue weighted by Gasteiger charge is -2.42. The number of hydrogen-bond acceptors (Lipinski definition) is 2. The predicted molar refractivity (Wildman–Crippen MR) is 72.3 cm³/mol. The van der Waals surface area contributed by atoms with Crippen LogP contribution < -0.4 is 5.32 Å². The van der Waals surface area contributed by atoms with Crippen LogP contribution in [0.25, 0.3) is 0 Å². The number of nitrogens with zero attached hydrogens (tertiary/aromatic N) is 1. The molecule has 1 saturated heterocycles. The van der Waals surface area contributed by atoms with Crippen LogP contribution in [0.4, 0.5) is 10.1 Å². The van der Waals surface area contributed by atoms with E-state index in [9.17, 15) is 4.39 Å². The van der Waals surface area contributed by atoms with Crippen LogP contribution in [0.5, 0.6) is 0 Å². The van der Waals surface area contributed by atoms with Gasteiger partial charge in [0.1, 0.15) is 5.82 Å². The largest absolute Gasteiger partial charge is 0.381 e. The number of rotatable bonds is 3. The lowest BCUT2D eigenvalue weighted by Crippen LogP contribution is -2.49. The number of nitrogens with one attached hydrogen (secondary N) is 1. The van der Waals surface area contributed by atoms with Crippen molar-refractivity contribution in [3.05, 3.63) is 30.1 Å². The van der Waals surface area contributed by atoms with E-state index in [-0.39, 0.29) is 5.82 Å². The molecule has 1 aromatic rings. The third kappa shape index (κ3) is 2.66. The smallest absolute Gasteiger partial charge is 0.123 e. The average Bonchev–Trinajstić information content (AvgIpc) is 2.31. The highest BCUT2D eigenvalue weighted by molar-refractivity contribution is 5.43. The fourth-order valence-corrected chi connectivity index (χ4v) is 2.99. The molecule has 0 amide bonds. The minimum atomic E-state index is -0.166. The third-order valence-corrected chi connectivity index (χ3v) is 4.26. The van der Waals surface area contributed by atoms with Crippen molar-refractivity contribution in [1.82, 2.24) is 4.90 Å². The van der Waals surface area contributed by atoms with E-state index >= 15 is 0 Å². The number of halogens is 1. The summed E-state index contributed by atoms with van der Waals surface area (Å²) in [5, 5.41) is 3.53. The van der Waals surface area contributed by atoms with Crippen molar-refractivity contribution < 1.29 is 4.39 Å². The average molecular weight is 248 g/mol. The monoisotopic (exact) mass is 248 g/mol. The van der Waals surface area contributed by atoms with Crippen molar-refractivity contribution in [3.8, 4) is 0 Å². The molecule has 1 aliphatic heterocycles. The van der Waals surface area contributed by atoms with Crippen molar-refractivity contribution in [2.75, 3.05) is 18.4 Å². The second-order valence-electron chi connectivity index (χ2n) is 5.57. The van der Waals surface area contributed by atoms with Gasteiger partial charge in [-0.15, -0.1) is 0 Å². The van der Waals surface area contributed by atoms with E-state index in [1.54, 1.807) is 0 Å². The summed E-state index contributed by atoms with van der Waals surface area (Å²) in [5.41, 5.74) is 1.04. The molecule has 1 N–H and O–H groups in total. The van der Waals surface area contributed by atoms with E-state index in [1.807, 2.05) is 12.1 Å². The molecule has 2 nitrogen and oxygen atoms in total. The minimum Gasteiger partial charge on any atom is -0.381 e. The summed E-state index contributed by atoms with van der Waals surface area (Å²) < 4.78 is 12.9. The van der Waals surface area contributed by atoms with Crippen LogP contribution in [0.1, 0.15) is 32.1 Å². The van der Waals surface area contributed by atoms with Crippen LogP contribution in [0, 0.1) is 5.82 Å². The summed E-state index contributed by atoms with van der Waals surface area (Å²) in [7, 11) is 0. The third-order valence-electron chi connectivity index (χ3n) is 4.26. The molecule has 18 heavy (non-hydrogen) atoms. The fraction of sp³-hybridized carbons (Fsp3) is 0.600. The van der Waals surface area contributed by atoms with E-state index in [2.05, 4.69) is 10.2 Å². The standard InChI is InChI=1S/C15H21FN2/c16-12-6-8-13(9-7-12)17-14-3-2-10-18(11-14)15-4-1-5-15/h6-9,14-15,17H,1-5,10-11H2/t14-/m0/s1. The highest BCUT2D eigenvalue weighted by atomic mass is 19.1. The Balaban J connectivity index is 1.57. The molecule has 1 saturated carbocycles. The molecule has 1 aromatic carbocycles. The van der Waals surface area contributed by atoms with Crippen molar-refractivity contribution in [1.29, 1.82) is 0 Å². The van der Waals surface area contributed by atoms with Crippen molar-refractivity contribution >= 4 is 5.69 Å². The Labute approximate surface area is 108 Å². The Hall–Kier alpha value is -1.09. The quantitative estimate of drug-likeness (QED) is 0.883. The molecule has 2 fully saturated rings. The number of piperidine rings is 1. The number of benzene rings is 1. The number of anilines is 1. The van der Waals surface area contributed by atoms with Gasteiger partial charge in [-0.3, -0.25) is 4.90 Å². The fourth-order valence-electron chi connectivity index (χ4n) is 2.99. The molecule has 2 aliphatic rings. The molecule has 98 valence electrons. The van der Waals surface area contributed by atoms with Crippen LogP contribution in [0.15, 0.2) is 24.3 Å². The van der Waals surface area contributed by atoms with Crippen molar-refractivity contribution in [3.63, 3.8) is 0 Å². The van der Waals surface area contributed by atoms with Gasteiger partial charge >= 0.3 is 0 Å². The van der Waals surface area contributed by atoms with Gasteiger partial charge in [0.05, 0.1) is 0 Å². The van der Waals surface area contributed by atoms with E-state index in [0.29, 0.717) is 6.04 Å². The Bertz CT molecular complexity index is 386. The number of hydrogen-bond donors (Lipinski definition) is 1. The lowest BCUT2D eigenvalue weighted by molar-refractivity contribution is 0.0991. The summed E-state index contributed by atoms with van der Waals surface area (Å²) in [4.78, 5) is 2.63. The summed E-state index contributed by atoms with van der Waals surface area (Å²) >= 11 is 0. The van der Waals surface area contributed by atoms with Gasteiger partial charge in [0.15, 0.2) is 0 Å². The molecule has 3 rings (SSSR count). The maximum Gasteiger partial charge on any atom is 0.123 e. The van der Waals surface area contributed by atoms with Crippen LogP contribution in [-0.2, 0) is 0 Å². The molecule has 3 heteroatoms. The van der Waals surface area contributed by atoms with Gasteiger partial charge in [0.25, 0.3) is 0 Å². The molecule has 0 aromatic heterocycles. The van der Waals surface area contributed by atoms with Gasteiger partial charge in [0.2, 0.25) is 0 Å². The van der Waals surface area contributed by atoms with Gasteiger partial charge in [-0.25, -0.2) is 4.39 Å². The number of likely N-dealkylation sites (tertiary alicyclic amines) is 1. The molecule has 1 atom stereocenters. The highest BCUT2D eigenvalue weighted by Crippen LogP contribution is 2.28. The first-order chi connectivity index (χ1) is 8.81. The molecule has 0 unspecified atom stereocenters. The summed E-state index contributed by atoms with van der Waals surface area (Å²) in [6.07, 6.45) is 6.65. The lowest BCUT2D eigenvalue weighted by atomic mass is 9.89. The zero-order valence-corrected chi connectivity index (χ0v) is 10.7. The maximum atomic E-state index is 12.9. The van der Waals surface area contributed by atoms with Gasteiger partial charge in [-0.2, -0.15) is 0 Å². The molecule has 0 radical (unpaired) electrons. The van der Waals surface area contributed by atoms with Gasteiger partial charge in [-0.1, -0.05) is 6.42 Å². The summed E-state index contributed by atoms with van der Waals surface area (Å²) in [6, 6.07) is 8.06. The van der Waals surface area contributed by atoms with Crippen molar-refractivity contribution in [2.45, 2.75) is 44.2 Å². The van der Waals surface area contributed by atoms with Gasteiger partial charge in [0, 0.05) is 24.3 Å². The molecule has 1 heterocycles. The molecular formula is C15H21FN2. The van der Waals surface area contributed by atoms with Crippen LogP contribution >= 0.6 is 0 Å². The highest BCUT2D eigenvalue weighted by Gasteiger charge is 2.29. The summed E-state index contributed by atoms with van der Waals surface area (Å²) in [6.45, 7) is 2.40. The Morgan fingerprint density at radius 3 is 2.50 bits per heavy atom. The minimum absolute atomic E-state index is 0.166. The summed E-state index contributed by atoms with van der Waals surface area (Å²) in [5.74, 6) is -0.166. The first-order valence-electron chi connectivity index (χ1n) is 7.07. The zero-order valence-electron chi connectivity index (χ0n) is 10.7. The van der Waals surface area contributed by atoms with E-state index in [1.165, 1.54) is 50.8 Å². The second kappa shape index (κ2) is 5.27. The zero-order chi connectivity index (χ0) is 12.4. The van der Waals surface area contributed by atoms with E-state index in [4.69, 9.17) is 0 Å².